The maximum Gasteiger partial charge on any atom is 0.255 e. The molecule has 0 bridgehead atoms. The van der Waals surface area contributed by atoms with Crippen molar-refractivity contribution >= 4 is 0 Å². The van der Waals surface area contributed by atoms with Crippen LogP contribution in [0.4, 0.5) is 8.78 Å². The van der Waals surface area contributed by atoms with Gasteiger partial charge in [0.2, 0.25) is 0 Å². The van der Waals surface area contributed by atoms with E-state index in [1.807, 2.05) is 0 Å². The molecule has 2 aliphatic heterocycles. The van der Waals surface area contributed by atoms with Gasteiger partial charge in [-0.3, -0.25) is 4.90 Å². The van der Waals surface area contributed by atoms with Crippen molar-refractivity contribution in [2.75, 3.05) is 19.7 Å². The number of hydrogen-bond donors (Lipinski definition) is 1. The average molecular weight is 229 g/mol. The van der Waals surface area contributed by atoms with Gasteiger partial charge in [-0.05, 0) is 37.6 Å². The molecule has 4 rings (SSSR count). The fraction of sp³-hybridized carbons (Fsp3) is 1.00. The molecule has 0 aromatic heterocycles. The van der Waals surface area contributed by atoms with Gasteiger partial charge in [0, 0.05) is 13.0 Å². The van der Waals surface area contributed by atoms with Gasteiger partial charge in [-0.25, -0.2) is 8.78 Å². The van der Waals surface area contributed by atoms with Gasteiger partial charge in [0.15, 0.2) is 0 Å². The lowest BCUT2D eigenvalue weighted by Crippen LogP contribution is -2.47. The van der Waals surface area contributed by atoms with Crippen LogP contribution in [0.25, 0.3) is 0 Å². The van der Waals surface area contributed by atoms with E-state index in [0.29, 0.717) is 13.0 Å². The van der Waals surface area contributed by atoms with Crippen molar-refractivity contribution in [3.05, 3.63) is 0 Å². The van der Waals surface area contributed by atoms with Gasteiger partial charge in [-0.1, -0.05) is 0 Å². The second-order valence-electron chi connectivity index (χ2n) is 6.48. The normalized spacial score (nSPS) is 51.2. The zero-order chi connectivity index (χ0) is 11.2. The highest BCUT2D eigenvalue weighted by Gasteiger charge is 2.81. The summed E-state index contributed by atoms with van der Waals surface area (Å²) in [4.78, 5) is 2.18. The Balaban J connectivity index is 1.73. The van der Waals surface area contributed by atoms with Crippen LogP contribution < -0.4 is 0 Å². The third-order valence-corrected chi connectivity index (χ3v) is 5.90. The molecule has 2 spiro atoms. The molecule has 0 amide bonds. The Morgan fingerprint density at radius 1 is 1.06 bits per heavy atom. The SMILES string of the molecule is OC[C@]12CC3(CN1CCC21CC1)CC3(F)F. The van der Waals surface area contributed by atoms with Crippen LogP contribution in [0.15, 0.2) is 0 Å². The highest BCUT2D eigenvalue weighted by molar-refractivity contribution is 5.29. The van der Waals surface area contributed by atoms with Gasteiger partial charge >= 0.3 is 0 Å². The molecule has 0 aromatic carbocycles. The van der Waals surface area contributed by atoms with Gasteiger partial charge in [-0.15, -0.1) is 0 Å². The molecule has 2 atom stereocenters. The van der Waals surface area contributed by atoms with Crippen LogP contribution in [0.2, 0.25) is 0 Å². The Morgan fingerprint density at radius 2 is 1.75 bits per heavy atom. The molecule has 2 nitrogen and oxygen atoms in total. The van der Waals surface area contributed by atoms with Gasteiger partial charge in [-0.2, -0.15) is 0 Å². The van der Waals surface area contributed by atoms with E-state index in [4.69, 9.17) is 0 Å². The summed E-state index contributed by atoms with van der Waals surface area (Å²) < 4.78 is 26.9. The first-order chi connectivity index (χ1) is 7.49. The summed E-state index contributed by atoms with van der Waals surface area (Å²) in [7, 11) is 0. The predicted molar refractivity (Wildman–Crippen MR) is 54.3 cm³/mol. The molecule has 2 saturated carbocycles. The molecule has 1 unspecified atom stereocenters. The second kappa shape index (κ2) is 2.32. The first-order valence-electron chi connectivity index (χ1n) is 6.23. The first kappa shape index (κ1) is 9.77. The highest BCUT2D eigenvalue weighted by atomic mass is 19.3. The molecule has 0 radical (unpaired) electrons. The summed E-state index contributed by atoms with van der Waals surface area (Å²) in [6.45, 7) is 1.51. The minimum absolute atomic E-state index is 0.0499. The van der Waals surface area contributed by atoms with E-state index >= 15 is 0 Å². The Kier molecular flexibility index (Phi) is 1.42. The van der Waals surface area contributed by atoms with Crippen molar-refractivity contribution < 1.29 is 13.9 Å². The molecule has 0 aromatic rings. The molecule has 2 aliphatic carbocycles. The quantitative estimate of drug-likeness (QED) is 0.738. The molecule has 4 heteroatoms. The van der Waals surface area contributed by atoms with Crippen molar-refractivity contribution in [2.45, 2.75) is 43.6 Å². The molecule has 1 N–H and O–H groups in total. The second-order valence-corrected chi connectivity index (χ2v) is 6.48. The van der Waals surface area contributed by atoms with E-state index < -0.39 is 11.3 Å². The Labute approximate surface area is 93.6 Å². The zero-order valence-electron chi connectivity index (χ0n) is 9.31. The average Bonchev–Trinajstić information content (AvgIpc) is 3.01. The smallest absolute Gasteiger partial charge is 0.255 e. The standard InChI is InChI=1S/C12H17F2NO/c13-12(14)6-10(12)5-11(8-16)9(1-2-9)3-4-15(11)7-10/h16H,1-8H2/t10?,11-/m0/s1. The Morgan fingerprint density at radius 3 is 2.25 bits per heavy atom. The molecule has 90 valence electrons. The predicted octanol–water partition coefficient (Wildman–Crippen LogP) is 1.63. The first-order valence-corrected chi connectivity index (χ1v) is 6.23. The maximum atomic E-state index is 13.5. The van der Waals surface area contributed by atoms with Crippen molar-refractivity contribution in [1.29, 1.82) is 0 Å². The van der Waals surface area contributed by atoms with E-state index in [-0.39, 0.29) is 24.0 Å². The van der Waals surface area contributed by atoms with Crippen LogP contribution in [0.3, 0.4) is 0 Å². The van der Waals surface area contributed by atoms with E-state index in [9.17, 15) is 13.9 Å². The van der Waals surface area contributed by atoms with Crippen molar-refractivity contribution in [1.82, 2.24) is 4.90 Å². The number of halogens is 2. The summed E-state index contributed by atoms with van der Waals surface area (Å²) in [5.74, 6) is -2.46. The van der Waals surface area contributed by atoms with Crippen molar-refractivity contribution in [3.8, 4) is 0 Å². The Bertz CT molecular complexity index is 368. The number of nitrogens with zero attached hydrogens (tertiary/aromatic N) is 1. The minimum Gasteiger partial charge on any atom is -0.394 e. The number of hydrogen-bond acceptors (Lipinski definition) is 2. The van der Waals surface area contributed by atoms with Gasteiger partial charge in [0.1, 0.15) is 0 Å². The van der Waals surface area contributed by atoms with E-state index in [1.54, 1.807) is 0 Å². The number of rotatable bonds is 1. The van der Waals surface area contributed by atoms with Crippen LogP contribution in [0, 0.1) is 10.8 Å². The summed E-state index contributed by atoms with van der Waals surface area (Å²) in [6, 6.07) is 0. The molecular weight excluding hydrogens is 212 g/mol. The third kappa shape index (κ3) is 0.808. The summed E-state index contributed by atoms with van der Waals surface area (Å²) in [5, 5.41) is 9.75. The fourth-order valence-corrected chi connectivity index (χ4v) is 4.58. The number of aliphatic hydroxyl groups excluding tert-OH is 1. The molecule has 2 saturated heterocycles. The monoisotopic (exact) mass is 229 g/mol. The van der Waals surface area contributed by atoms with Crippen LogP contribution >= 0.6 is 0 Å². The van der Waals surface area contributed by atoms with Crippen molar-refractivity contribution in [2.24, 2.45) is 10.8 Å². The molecule has 16 heavy (non-hydrogen) atoms. The molecule has 4 fully saturated rings. The molecule has 2 heterocycles. The number of alkyl halides is 2. The molecular formula is C12H17F2NO. The van der Waals surface area contributed by atoms with Crippen LogP contribution in [-0.4, -0.2) is 41.2 Å². The van der Waals surface area contributed by atoms with Gasteiger partial charge < -0.3 is 5.11 Å². The van der Waals surface area contributed by atoms with Crippen LogP contribution in [-0.2, 0) is 0 Å². The van der Waals surface area contributed by atoms with Gasteiger partial charge in [0.25, 0.3) is 5.92 Å². The highest BCUT2D eigenvalue weighted by Crippen LogP contribution is 2.75. The van der Waals surface area contributed by atoms with Gasteiger partial charge in [0.05, 0.1) is 17.6 Å². The van der Waals surface area contributed by atoms with E-state index in [2.05, 4.69) is 4.90 Å². The lowest BCUT2D eigenvalue weighted by atomic mass is 9.78. The summed E-state index contributed by atoms with van der Waals surface area (Å²) >= 11 is 0. The summed E-state index contributed by atoms with van der Waals surface area (Å²) in [5.41, 5.74) is -0.859. The van der Waals surface area contributed by atoms with Crippen LogP contribution in [0.1, 0.15) is 32.1 Å². The van der Waals surface area contributed by atoms with Crippen LogP contribution in [0.5, 0.6) is 0 Å². The fourth-order valence-electron chi connectivity index (χ4n) is 4.58. The largest absolute Gasteiger partial charge is 0.394 e. The maximum absolute atomic E-state index is 13.5. The third-order valence-electron chi connectivity index (χ3n) is 5.90. The Hall–Kier alpha value is -0.220. The minimum atomic E-state index is -2.46. The summed E-state index contributed by atoms with van der Waals surface area (Å²) in [6.07, 6.45) is 3.95. The van der Waals surface area contributed by atoms with E-state index in [0.717, 1.165) is 25.8 Å². The molecule has 4 aliphatic rings. The topological polar surface area (TPSA) is 23.5 Å². The van der Waals surface area contributed by atoms with E-state index in [1.165, 1.54) is 0 Å². The lowest BCUT2D eigenvalue weighted by molar-refractivity contribution is 0.0493. The number of aliphatic hydroxyl groups is 1. The van der Waals surface area contributed by atoms with Crippen molar-refractivity contribution in [3.63, 3.8) is 0 Å². The zero-order valence-corrected chi connectivity index (χ0v) is 9.31. The number of fused-ring (bicyclic) bond motifs is 2. The lowest BCUT2D eigenvalue weighted by Gasteiger charge is -2.36.